The number of piperidine rings is 1. The molecule has 0 unspecified atom stereocenters. The van der Waals surface area contributed by atoms with E-state index >= 15 is 0 Å². The van der Waals surface area contributed by atoms with Crippen LogP contribution in [0.15, 0.2) is 6.20 Å². The molecule has 2 saturated heterocycles. The molecule has 3 heterocycles. The Hall–Kier alpha value is -1.12. The molecule has 27 heavy (non-hydrogen) atoms. The third-order valence-corrected chi connectivity index (χ3v) is 5.42. The van der Waals surface area contributed by atoms with Gasteiger partial charge in [0.05, 0.1) is 21.0 Å². The van der Waals surface area contributed by atoms with E-state index in [0.717, 1.165) is 0 Å². The van der Waals surface area contributed by atoms with E-state index < -0.39 is 66.7 Å². The summed E-state index contributed by atoms with van der Waals surface area (Å²) in [5, 5.41) is -0.529. The molecule has 0 N–H and O–H groups in total. The van der Waals surface area contributed by atoms with Crippen LogP contribution in [-0.2, 0) is 14.0 Å². The molecule has 3 rings (SSSR count). The number of ether oxygens (including phenoxy) is 1. The van der Waals surface area contributed by atoms with E-state index in [2.05, 4.69) is 4.98 Å². The van der Waals surface area contributed by atoms with Gasteiger partial charge in [-0.05, 0) is 61.2 Å². The molecule has 1 aromatic rings. The molecule has 0 saturated carbocycles. The van der Waals surface area contributed by atoms with E-state index in [4.69, 9.17) is 26.4 Å². The fraction of sp³-hybridized carbons (Fsp3) is 0.789. The number of hydrogen-bond acceptors (Lipinski definition) is 6. The van der Waals surface area contributed by atoms with Crippen LogP contribution in [0, 0.1) is 0 Å². The number of amides is 1. The zero-order chi connectivity index (χ0) is 28.1. The standard InChI is InChI=1S/C19H31BN2O4S/c1-17(2,3)24-16(23)22-10-8-13(9-11-22)15-21-12-14(27-15)20-25-18(4,5)19(6,7)26-20/h12-13H,8-11H2,1-7H3/i8D2,9D2,10D2,11D2,13D. The lowest BCUT2D eigenvalue weighted by Crippen LogP contribution is -2.41. The van der Waals surface area contributed by atoms with Crippen molar-refractivity contribution in [1.82, 2.24) is 9.88 Å². The molecule has 2 aliphatic heterocycles. The average molecular weight is 403 g/mol. The number of thiazole rings is 1. The molecule has 8 heteroatoms. The van der Waals surface area contributed by atoms with Gasteiger partial charge in [-0.2, -0.15) is 0 Å². The normalized spacial score (nSPS) is 36.5. The van der Waals surface area contributed by atoms with Gasteiger partial charge in [0.2, 0.25) is 0 Å². The molecule has 2 aliphatic rings. The maximum absolute atomic E-state index is 12.9. The molecule has 1 aromatic heterocycles. The Bertz CT molecular complexity index is 1010. The minimum absolute atomic E-state index is 0.221. The summed E-state index contributed by atoms with van der Waals surface area (Å²) in [5.74, 6) is -3.22. The van der Waals surface area contributed by atoms with E-state index in [1.807, 2.05) is 27.7 Å². The van der Waals surface area contributed by atoms with Crippen molar-refractivity contribution >= 4 is 29.3 Å². The van der Waals surface area contributed by atoms with Crippen molar-refractivity contribution in [2.45, 2.75) is 83.9 Å². The maximum Gasteiger partial charge on any atom is 0.507 e. The lowest BCUT2D eigenvalue weighted by atomic mass is 9.89. The molecule has 0 aromatic carbocycles. The van der Waals surface area contributed by atoms with Crippen LogP contribution >= 0.6 is 11.3 Å². The predicted octanol–water partition coefficient (Wildman–Crippen LogP) is 3.56. The van der Waals surface area contributed by atoms with Crippen molar-refractivity contribution in [3.8, 4) is 0 Å². The van der Waals surface area contributed by atoms with Crippen LogP contribution in [0.1, 0.15) is 84.5 Å². The molecule has 0 spiro atoms. The number of rotatable bonds is 2. The molecular weight excluding hydrogens is 363 g/mol. The number of nitrogens with zero attached hydrogens (tertiary/aromatic N) is 2. The molecule has 0 bridgehead atoms. The van der Waals surface area contributed by atoms with Crippen molar-refractivity contribution in [3.05, 3.63) is 11.2 Å². The van der Waals surface area contributed by atoms with Crippen molar-refractivity contribution < 1.29 is 31.2 Å². The summed E-state index contributed by atoms with van der Waals surface area (Å²) >= 11 is 0.666. The van der Waals surface area contributed by atoms with E-state index in [1.165, 1.54) is 27.0 Å². The maximum atomic E-state index is 12.9. The summed E-state index contributed by atoms with van der Waals surface area (Å²) in [6, 6.07) is 0. The second-order valence-corrected chi connectivity index (χ2v) is 9.38. The molecule has 0 radical (unpaired) electrons. The molecular formula is C19H31BN2O4S. The Balaban J connectivity index is 2.14. The zero-order valence-corrected chi connectivity index (χ0v) is 17.4. The van der Waals surface area contributed by atoms with Gasteiger partial charge >= 0.3 is 13.2 Å². The van der Waals surface area contributed by atoms with Crippen molar-refractivity contribution in [3.63, 3.8) is 0 Å². The number of likely N-dealkylation sites (tertiary alicyclic amines) is 1. The second-order valence-electron chi connectivity index (χ2n) is 8.32. The number of aromatic nitrogens is 1. The lowest BCUT2D eigenvalue weighted by Gasteiger charge is -2.32. The topological polar surface area (TPSA) is 60.9 Å². The first-order chi connectivity index (χ1) is 15.8. The smallest absolute Gasteiger partial charge is 0.444 e. The number of carbonyl (C=O) groups is 1. The molecule has 2 fully saturated rings. The Morgan fingerprint density at radius 1 is 1.33 bits per heavy atom. The Kier molecular flexibility index (Phi) is 3.07. The highest BCUT2D eigenvalue weighted by molar-refractivity contribution is 7.22. The first-order valence-electron chi connectivity index (χ1n) is 13.1. The van der Waals surface area contributed by atoms with Crippen molar-refractivity contribution in [2.24, 2.45) is 0 Å². The fourth-order valence-corrected chi connectivity index (χ4v) is 3.09. The van der Waals surface area contributed by atoms with Gasteiger partial charge in [-0.15, -0.1) is 11.3 Å². The largest absolute Gasteiger partial charge is 0.507 e. The van der Waals surface area contributed by atoms with Crippen molar-refractivity contribution in [2.75, 3.05) is 13.0 Å². The third kappa shape index (κ3) is 4.49. The van der Waals surface area contributed by atoms with Crippen LogP contribution in [-0.4, -0.2) is 52.9 Å². The van der Waals surface area contributed by atoms with Gasteiger partial charge in [-0.1, -0.05) is 0 Å². The van der Waals surface area contributed by atoms with Crippen LogP contribution < -0.4 is 4.78 Å². The SMILES string of the molecule is [2H]C1([2H])N(C(=O)OC(C)(C)C)C([2H])([2H])C([2H])([2H])C([2H])(c2ncc(B3OC(C)(C)C(C)(C)O3)s2)C1([2H])[2H]. The molecule has 1 amide bonds. The highest BCUT2D eigenvalue weighted by atomic mass is 32.1. The van der Waals surface area contributed by atoms with Gasteiger partial charge in [-0.3, -0.25) is 0 Å². The van der Waals surface area contributed by atoms with Crippen LogP contribution in [0.25, 0.3) is 0 Å². The summed E-state index contributed by atoms with van der Waals surface area (Å²) in [4.78, 5) is 16.7. The predicted molar refractivity (Wildman–Crippen MR) is 108 cm³/mol. The Morgan fingerprint density at radius 3 is 2.41 bits per heavy atom. The van der Waals surface area contributed by atoms with Gasteiger partial charge in [0, 0.05) is 37.4 Å². The van der Waals surface area contributed by atoms with Gasteiger partial charge < -0.3 is 18.9 Å². The third-order valence-electron chi connectivity index (χ3n) is 4.38. The quantitative estimate of drug-likeness (QED) is 0.707. The first-order valence-corrected chi connectivity index (χ1v) is 9.45. The molecule has 6 nitrogen and oxygen atoms in total. The second kappa shape index (κ2) is 7.05. The van der Waals surface area contributed by atoms with Crippen LogP contribution in [0.4, 0.5) is 4.79 Å². The molecule has 0 atom stereocenters. The number of hydrogen-bond donors (Lipinski definition) is 0. The van der Waals surface area contributed by atoms with E-state index in [-0.39, 0.29) is 9.68 Å². The molecule has 0 aliphatic carbocycles. The lowest BCUT2D eigenvalue weighted by molar-refractivity contribution is 0.00578. The summed E-state index contributed by atoms with van der Waals surface area (Å²) in [6.45, 7) is 4.58. The number of carbonyl (C=O) groups excluding carboxylic acids is 1. The minimum Gasteiger partial charge on any atom is -0.444 e. The summed E-state index contributed by atoms with van der Waals surface area (Å²) in [7, 11) is -0.961. The van der Waals surface area contributed by atoms with Crippen LogP contribution in [0.2, 0.25) is 0 Å². The van der Waals surface area contributed by atoms with E-state index in [0.29, 0.717) is 11.3 Å². The molecule has 150 valence electrons. The zero-order valence-electron chi connectivity index (χ0n) is 25.6. The van der Waals surface area contributed by atoms with Gasteiger partial charge in [0.15, 0.2) is 0 Å². The van der Waals surface area contributed by atoms with Gasteiger partial charge in [0.1, 0.15) is 5.60 Å². The van der Waals surface area contributed by atoms with E-state index in [1.54, 1.807) is 0 Å². The summed E-state index contributed by atoms with van der Waals surface area (Å²) in [6.07, 6.45) is -7.35. The Labute approximate surface area is 179 Å². The summed E-state index contributed by atoms with van der Waals surface area (Å²) < 4.78 is 94.5. The highest BCUT2D eigenvalue weighted by Crippen LogP contribution is 2.37. The first kappa shape index (κ1) is 11.8. The van der Waals surface area contributed by atoms with Crippen molar-refractivity contribution in [1.29, 1.82) is 0 Å². The summed E-state index contributed by atoms with van der Waals surface area (Å²) in [5.41, 5.74) is -2.65. The average Bonchev–Trinajstić information content (AvgIpc) is 3.20. The fourth-order valence-electron chi connectivity index (χ4n) is 2.26. The van der Waals surface area contributed by atoms with Crippen LogP contribution in [0.3, 0.4) is 0 Å². The monoisotopic (exact) mass is 403 g/mol. The Morgan fingerprint density at radius 2 is 1.89 bits per heavy atom. The highest BCUT2D eigenvalue weighted by Gasteiger charge is 2.52. The van der Waals surface area contributed by atoms with Crippen LogP contribution in [0.5, 0.6) is 0 Å². The minimum atomic E-state index is -3.51. The van der Waals surface area contributed by atoms with Gasteiger partial charge in [-0.25, -0.2) is 9.78 Å². The van der Waals surface area contributed by atoms with E-state index in [9.17, 15) is 4.79 Å². The van der Waals surface area contributed by atoms with Gasteiger partial charge in [0.25, 0.3) is 0 Å².